The topological polar surface area (TPSA) is 42.3 Å². The lowest BCUT2D eigenvalue weighted by Gasteiger charge is -2.44. The number of morpholine rings is 1. The highest BCUT2D eigenvalue weighted by molar-refractivity contribution is 6.82. The van der Waals surface area contributed by atoms with Gasteiger partial charge in [-0.15, -0.1) is 0 Å². The Balaban J connectivity index is 1.54. The Bertz CT molecular complexity index is 1180. The molecule has 38 heavy (non-hydrogen) atoms. The zero-order chi connectivity index (χ0) is 26.9. The zero-order valence-electron chi connectivity index (χ0n) is 24.5. The summed E-state index contributed by atoms with van der Waals surface area (Å²) in [7, 11) is -1.94. The molecule has 5 nitrogen and oxygen atoms in total. The quantitative estimate of drug-likeness (QED) is 0.295. The normalized spacial score (nSPS) is 17.8. The standard InChI is InChI=1S/C32H48N4OSi/c1-23(2)38(24(3)4,25(5)6)36-22-30(26-10-8-7-9-11-26)29-16-17-31(34-32(29)36)33-27-12-14-28(15-13-27)35-18-20-37-21-19-35/h12-17,22-26H,7-11,18-21H2,1-6H3,(H,33,34). The molecule has 0 unspecified atom stereocenters. The van der Waals surface area contributed by atoms with E-state index in [1.807, 2.05) is 0 Å². The van der Waals surface area contributed by atoms with E-state index in [0.29, 0.717) is 22.5 Å². The van der Waals surface area contributed by atoms with Gasteiger partial charge in [0.2, 0.25) is 0 Å². The van der Waals surface area contributed by atoms with Crippen molar-refractivity contribution in [2.75, 3.05) is 36.5 Å². The van der Waals surface area contributed by atoms with Crippen LogP contribution in [0.1, 0.15) is 85.1 Å². The summed E-state index contributed by atoms with van der Waals surface area (Å²) in [6.07, 6.45) is 9.29. The van der Waals surface area contributed by atoms with Crippen LogP contribution in [0.25, 0.3) is 11.0 Å². The number of ether oxygens (including phenoxy) is 1. The summed E-state index contributed by atoms with van der Waals surface area (Å²) in [6.45, 7) is 18.3. The van der Waals surface area contributed by atoms with Crippen LogP contribution in [0.3, 0.4) is 0 Å². The molecule has 1 saturated carbocycles. The van der Waals surface area contributed by atoms with Crippen molar-refractivity contribution in [3.05, 3.63) is 48.2 Å². The average Bonchev–Trinajstić information content (AvgIpc) is 3.29. The van der Waals surface area contributed by atoms with E-state index in [9.17, 15) is 0 Å². The molecule has 1 aliphatic heterocycles. The van der Waals surface area contributed by atoms with Gasteiger partial charge in [0, 0.05) is 36.0 Å². The number of hydrogen-bond acceptors (Lipinski definition) is 4. The molecule has 0 atom stereocenters. The third-order valence-corrected chi connectivity index (χ3v) is 16.2. The summed E-state index contributed by atoms with van der Waals surface area (Å²) >= 11 is 0. The molecule has 0 radical (unpaired) electrons. The van der Waals surface area contributed by atoms with Gasteiger partial charge in [-0.1, -0.05) is 60.8 Å². The third-order valence-electron chi connectivity index (χ3n) is 9.44. The zero-order valence-corrected chi connectivity index (χ0v) is 25.5. The van der Waals surface area contributed by atoms with Crippen LogP contribution in [-0.2, 0) is 4.74 Å². The fraction of sp³-hybridized carbons (Fsp3) is 0.594. The van der Waals surface area contributed by atoms with E-state index in [1.54, 1.807) is 5.56 Å². The lowest BCUT2D eigenvalue weighted by atomic mass is 9.84. The number of fused-ring (bicyclic) bond motifs is 1. The number of nitrogens with zero attached hydrogens (tertiary/aromatic N) is 3. The van der Waals surface area contributed by atoms with Crippen LogP contribution >= 0.6 is 0 Å². The van der Waals surface area contributed by atoms with Gasteiger partial charge in [0.05, 0.1) is 13.2 Å². The molecule has 2 fully saturated rings. The van der Waals surface area contributed by atoms with Gasteiger partial charge in [0.25, 0.3) is 0 Å². The molecule has 6 heteroatoms. The second kappa shape index (κ2) is 11.4. The highest BCUT2D eigenvalue weighted by Gasteiger charge is 2.46. The highest BCUT2D eigenvalue weighted by Crippen LogP contribution is 2.46. The average molecular weight is 533 g/mol. The van der Waals surface area contributed by atoms with Crippen molar-refractivity contribution in [1.82, 2.24) is 9.22 Å². The monoisotopic (exact) mass is 532 g/mol. The van der Waals surface area contributed by atoms with Crippen LogP contribution in [0.15, 0.2) is 42.6 Å². The lowest BCUT2D eigenvalue weighted by Crippen LogP contribution is -2.51. The van der Waals surface area contributed by atoms with E-state index in [0.717, 1.165) is 37.8 Å². The Hall–Kier alpha value is -2.31. The van der Waals surface area contributed by atoms with Gasteiger partial charge >= 0.3 is 0 Å². The summed E-state index contributed by atoms with van der Waals surface area (Å²) in [6, 6.07) is 13.3. The van der Waals surface area contributed by atoms with Gasteiger partial charge in [-0.2, -0.15) is 0 Å². The van der Waals surface area contributed by atoms with Gasteiger partial charge in [0.1, 0.15) is 11.5 Å². The van der Waals surface area contributed by atoms with E-state index < -0.39 is 8.24 Å². The van der Waals surface area contributed by atoms with Crippen molar-refractivity contribution in [1.29, 1.82) is 0 Å². The van der Waals surface area contributed by atoms with Gasteiger partial charge in [-0.25, -0.2) is 4.98 Å². The lowest BCUT2D eigenvalue weighted by molar-refractivity contribution is 0.122. The fourth-order valence-corrected chi connectivity index (χ4v) is 14.4. The maximum absolute atomic E-state index is 5.52. The maximum atomic E-state index is 5.52. The number of hydrogen-bond donors (Lipinski definition) is 1. The molecule has 5 rings (SSSR count). The van der Waals surface area contributed by atoms with Gasteiger partial charge in [0.15, 0.2) is 8.24 Å². The number of rotatable bonds is 8. The summed E-state index contributed by atoms with van der Waals surface area (Å²) in [5.74, 6) is 1.60. The van der Waals surface area contributed by atoms with Crippen molar-refractivity contribution in [2.24, 2.45) is 0 Å². The Labute approximate surface area is 231 Å². The molecule has 1 aromatic carbocycles. The number of nitrogens with one attached hydrogen (secondary N) is 1. The van der Waals surface area contributed by atoms with E-state index in [1.165, 1.54) is 48.8 Å². The van der Waals surface area contributed by atoms with Crippen molar-refractivity contribution >= 4 is 36.5 Å². The van der Waals surface area contributed by atoms with Crippen LogP contribution in [0.5, 0.6) is 0 Å². The number of benzene rings is 1. The van der Waals surface area contributed by atoms with E-state index in [-0.39, 0.29) is 0 Å². The summed E-state index contributed by atoms with van der Waals surface area (Å²) in [5, 5.41) is 5.01. The first-order valence-electron chi connectivity index (χ1n) is 15.0. The minimum absolute atomic E-state index is 0.628. The minimum Gasteiger partial charge on any atom is -0.378 e. The molecular formula is C32H48N4OSi. The Kier molecular flexibility index (Phi) is 8.20. The minimum atomic E-state index is -1.94. The summed E-state index contributed by atoms with van der Waals surface area (Å²) in [4.78, 5) is 7.77. The molecule has 3 heterocycles. The van der Waals surface area contributed by atoms with Crippen LogP contribution < -0.4 is 10.2 Å². The molecule has 0 spiro atoms. The van der Waals surface area contributed by atoms with Crippen LogP contribution in [0, 0.1) is 0 Å². The number of anilines is 3. The predicted molar refractivity (Wildman–Crippen MR) is 165 cm³/mol. The first kappa shape index (κ1) is 27.3. The van der Waals surface area contributed by atoms with E-state index >= 15 is 0 Å². The molecule has 0 bridgehead atoms. The molecule has 2 aromatic heterocycles. The first-order valence-corrected chi connectivity index (χ1v) is 17.2. The Morgan fingerprint density at radius 1 is 0.842 bits per heavy atom. The van der Waals surface area contributed by atoms with Crippen molar-refractivity contribution in [2.45, 2.75) is 96.2 Å². The maximum Gasteiger partial charge on any atom is 0.171 e. The fourth-order valence-electron chi connectivity index (χ4n) is 7.79. The van der Waals surface area contributed by atoms with Gasteiger partial charge in [-0.3, -0.25) is 0 Å². The number of pyridine rings is 1. The molecule has 2 aliphatic rings. The largest absolute Gasteiger partial charge is 0.378 e. The molecule has 1 saturated heterocycles. The molecule has 206 valence electrons. The Morgan fingerprint density at radius 3 is 2.08 bits per heavy atom. The molecule has 1 aliphatic carbocycles. The second-order valence-corrected chi connectivity index (χ2v) is 18.2. The second-order valence-electron chi connectivity index (χ2n) is 12.5. The summed E-state index contributed by atoms with van der Waals surface area (Å²) in [5.41, 5.74) is 6.97. The van der Waals surface area contributed by atoms with Crippen LogP contribution in [0.2, 0.25) is 16.6 Å². The number of aromatic nitrogens is 2. The van der Waals surface area contributed by atoms with Crippen molar-refractivity contribution < 1.29 is 4.74 Å². The van der Waals surface area contributed by atoms with E-state index in [2.05, 4.69) is 98.6 Å². The van der Waals surface area contributed by atoms with E-state index in [4.69, 9.17) is 9.72 Å². The van der Waals surface area contributed by atoms with Crippen LogP contribution in [-0.4, -0.2) is 43.8 Å². The molecule has 0 amide bonds. The predicted octanol–water partition coefficient (Wildman–Crippen LogP) is 8.69. The SMILES string of the molecule is CC(C)[Si](C(C)C)(C(C)C)n1cc(C2CCCCC2)c2ccc(Nc3ccc(N4CCOCC4)cc3)nc21. The smallest absolute Gasteiger partial charge is 0.171 e. The van der Waals surface area contributed by atoms with Crippen LogP contribution in [0.4, 0.5) is 17.2 Å². The van der Waals surface area contributed by atoms with Gasteiger partial charge < -0.3 is 19.2 Å². The van der Waals surface area contributed by atoms with Crippen molar-refractivity contribution in [3.8, 4) is 0 Å². The highest BCUT2D eigenvalue weighted by atomic mass is 28.3. The third kappa shape index (κ3) is 5.02. The van der Waals surface area contributed by atoms with Crippen molar-refractivity contribution in [3.63, 3.8) is 0 Å². The summed E-state index contributed by atoms with van der Waals surface area (Å²) < 4.78 is 8.25. The van der Waals surface area contributed by atoms with Gasteiger partial charge in [-0.05, 0) is 77.3 Å². The first-order chi connectivity index (χ1) is 18.3. The Morgan fingerprint density at radius 2 is 1.47 bits per heavy atom. The molecular weight excluding hydrogens is 484 g/mol. The molecule has 3 aromatic rings. The molecule has 1 N–H and O–H groups in total.